The van der Waals surface area contributed by atoms with Gasteiger partial charge < -0.3 is 4.81 Å². The van der Waals surface area contributed by atoms with Gasteiger partial charge in [0.2, 0.25) is 0 Å². The maximum absolute atomic E-state index is 5.91. The van der Waals surface area contributed by atoms with E-state index >= 15 is 0 Å². The second-order valence-corrected chi connectivity index (χ2v) is 4.68. The van der Waals surface area contributed by atoms with Crippen molar-refractivity contribution in [1.82, 2.24) is 9.71 Å². The van der Waals surface area contributed by atoms with Gasteiger partial charge in [-0.25, -0.2) is 0 Å². The second-order valence-electron chi connectivity index (χ2n) is 4.68. The van der Waals surface area contributed by atoms with Crippen LogP contribution in [0.25, 0.3) is 0 Å². The van der Waals surface area contributed by atoms with Gasteiger partial charge in [0.25, 0.3) is 0 Å². The van der Waals surface area contributed by atoms with Crippen LogP contribution in [-0.2, 0) is 0 Å². The fraction of sp³-hybridized carbons (Fsp3) is 1.00. The molecule has 0 aromatic rings. The van der Waals surface area contributed by atoms with Crippen LogP contribution in [0.15, 0.2) is 0 Å². The highest BCUT2D eigenvalue weighted by Gasteiger charge is 2.38. The van der Waals surface area contributed by atoms with E-state index < -0.39 is 0 Å². The van der Waals surface area contributed by atoms with Crippen LogP contribution in [-0.4, -0.2) is 49.9 Å². The van der Waals surface area contributed by atoms with E-state index in [-0.39, 0.29) is 0 Å². The summed E-state index contributed by atoms with van der Waals surface area (Å²) in [6.45, 7) is 3.41. The Bertz CT molecular complexity index is 182. The van der Waals surface area contributed by atoms with Gasteiger partial charge in [0.1, 0.15) is 0 Å². The molecule has 2 radical (unpaired) electrons. The van der Waals surface area contributed by atoms with Crippen LogP contribution in [0.1, 0.15) is 32.1 Å². The molecule has 2 nitrogen and oxygen atoms in total. The molecule has 2 saturated heterocycles. The molecule has 1 atom stereocenters. The van der Waals surface area contributed by atoms with Crippen molar-refractivity contribution in [2.24, 2.45) is 0 Å². The molecular formula is C10H19BN2. The first-order chi connectivity index (χ1) is 6.23. The Hall–Kier alpha value is -0.0151. The van der Waals surface area contributed by atoms with Gasteiger partial charge in [-0.15, -0.1) is 0 Å². The van der Waals surface area contributed by atoms with Crippen LogP contribution in [0.5, 0.6) is 0 Å². The highest BCUT2D eigenvalue weighted by Crippen LogP contribution is 2.34. The normalized spacial score (nSPS) is 38.2. The number of likely N-dealkylation sites (tertiary alicyclic amines) is 1. The monoisotopic (exact) mass is 178 g/mol. The number of hydrogen-bond acceptors (Lipinski definition) is 2. The Labute approximate surface area is 82.7 Å². The summed E-state index contributed by atoms with van der Waals surface area (Å²) >= 11 is 0. The first-order valence-corrected chi connectivity index (χ1v) is 5.44. The van der Waals surface area contributed by atoms with E-state index in [4.69, 9.17) is 7.98 Å². The van der Waals surface area contributed by atoms with E-state index in [1.54, 1.807) is 0 Å². The van der Waals surface area contributed by atoms with Crippen LogP contribution in [0.4, 0.5) is 0 Å². The number of likely N-dealkylation sites (N-methyl/N-ethyl adjacent to an activating group) is 1. The first kappa shape index (κ1) is 9.54. The van der Waals surface area contributed by atoms with Crippen molar-refractivity contribution in [3.05, 3.63) is 0 Å². The van der Waals surface area contributed by atoms with Gasteiger partial charge in [0, 0.05) is 12.1 Å². The number of rotatable bonds is 0. The molecule has 0 bridgehead atoms. The fourth-order valence-electron chi connectivity index (χ4n) is 2.89. The van der Waals surface area contributed by atoms with Crippen molar-refractivity contribution < 1.29 is 0 Å². The van der Waals surface area contributed by atoms with Gasteiger partial charge in [-0.3, -0.25) is 4.90 Å². The lowest BCUT2D eigenvalue weighted by molar-refractivity contribution is 0.0254. The molecule has 2 rings (SSSR count). The van der Waals surface area contributed by atoms with E-state index in [0.29, 0.717) is 5.54 Å². The van der Waals surface area contributed by atoms with Gasteiger partial charge in [-0.05, 0) is 45.8 Å². The quantitative estimate of drug-likeness (QED) is 0.511. The van der Waals surface area contributed by atoms with Crippen molar-refractivity contribution in [1.29, 1.82) is 0 Å². The molecule has 0 saturated carbocycles. The van der Waals surface area contributed by atoms with Gasteiger partial charge in [0.15, 0.2) is 7.98 Å². The van der Waals surface area contributed by atoms with Crippen molar-refractivity contribution in [3.8, 4) is 0 Å². The molecule has 1 spiro atoms. The third kappa shape index (κ3) is 1.77. The summed E-state index contributed by atoms with van der Waals surface area (Å²) in [4.78, 5) is 4.54. The average molecular weight is 178 g/mol. The average Bonchev–Trinajstić information content (AvgIpc) is 2.11. The van der Waals surface area contributed by atoms with Crippen molar-refractivity contribution in [2.45, 2.75) is 37.6 Å². The molecule has 2 aliphatic rings. The third-order valence-corrected chi connectivity index (χ3v) is 3.78. The minimum Gasteiger partial charge on any atom is -0.352 e. The van der Waals surface area contributed by atoms with Crippen molar-refractivity contribution in [3.63, 3.8) is 0 Å². The standard InChI is InChI=1S/C10H19BN2/c1-12-7-3-2-5-10(12)6-4-8-13(11)9-10/h2-9H2,1H3. The number of hydrogen-bond donors (Lipinski definition) is 0. The molecule has 0 aromatic heterocycles. The molecule has 3 heteroatoms. The lowest BCUT2D eigenvalue weighted by Crippen LogP contribution is -2.58. The van der Waals surface area contributed by atoms with Crippen LogP contribution < -0.4 is 0 Å². The van der Waals surface area contributed by atoms with Gasteiger partial charge >= 0.3 is 0 Å². The Morgan fingerprint density at radius 1 is 1.08 bits per heavy atom. The molecule has 2 fully saturated rings. The Kier molecular flexibility index (Phi) is 2.66. The summed E-state index contributed by atoms with van der Waals surface area (Å²) < 4.78 is 0. The maximum atomic E-state index is 5.91. The zero-order valence-corrected chi connectivity index (χ0v) is 8.63. The molecule has 0 N–H and O–H groups in total. The Morgan fingerprint density at radius 2 is 1.85 bits per heavy atom. The maximum Gasteiger partial charge on any atom is 0.182 e. The van der Waals surface area contributed by atoms with Crippen molar-refractivity contribution >= 4 is 7.98 Å². The van der Waals surface area contributed by atoms with E-state index in [1.807, 2.05) is 4.81 Å². The first-order valence-electron chi connectivity index (χ1n) is 5.44. The molecule has 0 aliphatic carbocycles. The Balaban J connectivity index is 2.07. The lowest BCUT2D eigenvalue weighted by atomic mass is 9.79. The van der Waals surface area contributed by atoms with E-state index in [0.717, 1.165) is 13.1 Å². The zero-order chi connectivity index (χ0) is 9.31. The largest absolute Gasteiger partial charge is 0.352 e. The van der Waals surface area contributed by atoms with Crippen LogP contribution in [0.3, 0.4) is 0 Å². The third-order valence-electron chi connectivity index (χ3n) is 3.78. The minimum absolute atomic E-state index is 0.422. The highest BCUT2D eigenvalue weighted by atomic mass is 15.2. The van der Waals surface area contributed by atoms with Gasteiger partial charge in [0.05, 0.1) is 0 Å². The smallest absolute Gasteiger partial charge is 0.182 e. The number of nitrogens with zero attached hydrogens (tertiary/aromatic N) is 2. The molecular weight excluding hydrogens is 159 g/mol. The van der Waals surface area contributed by atoms with E-state index in [1.165, 1.54) is 38.6 Å². The SMILES string of the molecule is [B]N1CCCC2(CCCCN2C)C1. The zero-order valence-electron chi connectivity index (χ0n) is 8.63. The van der Waals surface area contributed by atoms with Gasteiger partial charge in [-0.2, -0.15) is 0 Å². The summed E-state index contributed by atoms with van der Waals surface area (Å²) in [5, 5.41) is 0. The summed E-state index contributed by atoms with van der Waals surface area (Å²) in [7, 11) is 8.17. The summed E-state index contributed by atoms with van der Waals surface area (Å²) in [6, 6.07) is 0. The molecule has 1 unspecified atom stereocenters. The summed E-state index contributed by atoms with van der Waals surface area (Å²) in [6.07, 6.45) is 6.70. The molecule has 0 amide bonds. The summed E-state index contributed by atoms with van der Waals surface area (Å²) in [5.41, 5.74) is 0.422. The lowest BCUT2D eigenvalue weighted by Gasteiger charge is -2.50. The topological polar surface area (TPSA) is 6.48 Å². The van der Waals surface area contributed by atoms with Crippen molar-refractivity contribution in [2.75, 3.05) is 26.7 Å². The molecule has 2 aliphatic heterocycles. The van der Waals surface area contributed by atoms with Crippen LogP contribution >= 0.6 is 0 Å². The predicted molar refractivity (Wildman–Crippen MR) is 55.8 cm³/mol. The Morgan fingerprint density at radius 3 is 2.54 bits per heavy atom. The molecule has 2 heterocycles. The van der Waals surface area contributed by atoms with Crippen LogP contribution in [0, 0.1) is 0 Å². The van der Waals surface area contributed by atoms with Crippen LogP contribution in [0.2, 0.25) is 0 Å². The molecule has 72 valence electrons. The number of piperidine rings is 2. The van der Waals surface area contributed by atoms with E-state index in [9.17, 15) is 0 Å². The summed E-state index contributed by atoms with van der Waals surface area (Å²) in [5.74, 6) is 0. The van der Waals surface area contributed by atoms with E-state index in [2.05, 4.69) is 11.9 Å². The fourth-order valence-corrected chi connectivity index (χ4v) is 2.89. The minimum atomic E-state index is 0.422. The highest BCUT2D eigenvalue weighted by molar-refractivity contribution is 6.04. The molecule has 13 heavy (non-hydrogen) atoms. The second kappa shape index (κ2) is 3.62. The molecule has 0 aromatic carbocycles. The van der Waals surface area contributed by atoms with Gasteiger partial charge in [-0.1, -0.05) is 6.42 Å². The predicted octanol–water partition coefficient (Wildman–Crippen LogP) is 1.02.